The Morgan fingerprint density at radius 1 is 1.07 bits per heavy atom. The van der Waals surface area contributed by atoms with Gasteiger partial charge in [-0.3, -0.25) is 5.10 Å². The van der Waals surface area contributed by atoms with Gasteiger partial charge in [0.15, 0.2) is 23.0 Å². The fourth-order valence-corrected chi connectivity index (χ4v) is 3.82. The highest BCUT2D eigenvalue weighted by Crippen LogP contribution is 2.36. The van der Waals surface area contributed by atoms with Crippen LogP contribution in [0.5, 0.6) is 5.75 Å². The largest absolute Gasteiger partial charge is 0.505 e. The summed E-state index contributed by atoms with van der Waals surface area (Å²) in [5, 5.41) is 16.9. The Kier molecular flexibility index (Phi) is 4.58. The van der Waals surface area contributed by atoms with Crippen LogP contribution in [0.25, 0.3) is 22.3 Å². The van der Waals surface area contributed by atoms with E-state index in [1.54, 1.807) is 0 Å². The van der Waals surface area contributed by atoms with Gasteiger partial charge in [0.05, 0.1) is 5.39 Å². The molecule has 0 bridgehead atoms. The average Bonchev–Trinajstić information content (AvgIpc) is 3.30. The summed E-state index contributed by atoms with van der Waals surface area (Å²) < 4.78 is 27.1. The summed E-state index contributed by atoms with van der Waals surface area (Å²) in [5.74, 6) is -2.36. The topological polar surface area (TPSA) is 101 Å². The van der Waals surface area contributed by atoms with Crippen LogP contribution in [-0.4, -0.2) is 25.3 Å². The molecule has 2 aromatic heterocycles. The van der Waals surface area contributed by atoms with Gasteiger partial charge in [-0.25, -0.2) is 14.4 Å². The predicted octanol–water partition coefficient (Wildman–Crippen LogP) is 3.89. The van der Waals surface area contributed by atoms with Crippen LogP contribution in [0.15, 0.2) is 36.4 Å². The maximum absolute atomic E-state index is 13.7. The average molecular weight is 416 g/mol. The summed E-state index contributed by atoms with van der Waals surface area (Å²) in [6.45, 7) is 0. The summed E-state index contributed by atoms with van der Waals surface area (Å²) in [4.78, 5) is 9.03. The molecule has 0 amide bonds. The first-order chi connectivity index (χ1) is 13.5. The number of benzene rings is 2. The lowest BCUT2D eigenvalue weighted by atomic mass is 10.0. The van der Waals surface area contributed by atoms with Gasteiger partial charge in [-0.15, -0.1) is 12.4 Å². The number of nitrogens with one attached hydrogen (secondary N) is 1. The molecule has 29 heavy (non-hydrogen) atoms. The van der Waals surface area contributed by atoms with Crippen molar-refractivity contribution in [3.63, 3.8) is 0 Å². The number of rotatable bonds is 2. The Balaban J connectivity index is 0.00000205. The van der Waals surface area contributed by atoms with Crippen LogP contribution in [0.2, 0.25) is 0 Å². The zero-order valence-corrected chi connectivity index (χ0v) is 15.8. The quantitative estimate of drug-likeness (QED) is 0.461. The van der Waals surface area contributed by atoms with Gasteiger partial charge in [-0.2, -0.15) is 9.49 Å². The van der Waals surface area contributed by atoms with Crippen molar-refractivity contribution in [2.75, 3.05) is 5.73 Å². The van der Waals surface area contributed by atoms with Crippen molar-refractivity contribution in [2.45, 2.75) is 18.8 Å². The van der Waals surface area contributed by atoms with Gasteiger partial charge in [-0.1, -0.05) is 24.3 Å². The number of phenols is 1. The number of aromatic amines is 1. The number of hydrogen-bond donors (Lipinski definition) is 3. The Labute approximate surface area is 170 Å². The molecule has 0 radical (unpaired) electrons. The monoisotopic (exact) mass is 415 g/mol. The molecule has 9 heteroatoms. The van der Waals surface area contributed by atoms with Gasteiger partial charge >= 0.3 is 0 Å². The summed E-state index contributed by atoms with van der Waals surface area (Å²) in [6, 6.07) is 10.3. The van der Waals surface area contributed by atoms with E-state index in [4.69, 9.17) is 5.73 Å². The fourth-order valence-electron chi connectivity index (χ4n) is 3.82. The van der Waals surface area contributed by atoms with Gasteiger partial charge in [0.1, 0.15) is 17.3 Å². The van der Waals surface area contributed by atoms with Crippen molar-refractivity contribution in [2.24, 2.45) is 0 Å². The van der Waals surface area contributed by atoms with E-state index in [0.717, 1.165) is 25.0 Å². The maximum Gasteiger partial charge on any atom is 0.200 e. The lowest BCUT2D eigenvalue weighted by molar-refractivity contribution is 0.407. The molecule has 0 spiro atoms. The van der Waals surface area contributed by atoms with E-state index in [2.05, 4.69) is 32.3 Å². The van der Waals surface area contributed by atoms with Crippen LogP contribution in [0.4, 0.5) is 14.6 Å². The molecule has 1 aliphatic carbocycles. The number of anilines is 1. The van der Waals surface area contributed by atoms with E-state index in [1.165, 1.54) is 11.1 Å². The van der Waals surface area contributed by atoms with Crippen molar-refractivity contribution < 1.29 is 13.9 Å². The van der Waals surface area contributed by atoms with Crippen molar-refractivity contribution in [1.29, 1.82) is 0 Å². The second kappa shape index (κ2) is 6.97. The molecule has 1 aliphatic rings. The van der Waals surface area contributed by atoms with Crippen LogP contribution < -0.4 is 5.73 Å². The molecule has 5 rings (SSSR count). The summed E-state index contributed by atoms with van der Waals surface area (Å²) in [5.41, 5.74) is 9.57. The number of aromatic nitrogens is 4. The second-order valence-electron chi connectivity index (χ2n) is 6.93. The molecule has 4 aromatic rings. The number of halogens is 3. The van der Waals surface area contributed by atoms with Crippen LogP contribution in [0.1, 0.15) is 22.9 Å². The van der Waals surface area contributed by atoms with Crippen LogP contribution >= 0.6 is 12.4 Å². The molecular formula is C20H16ClF2N5O. The zero-order chi connectivity index (χ0) is 19.4. The SMILES string of the molecule is Cl.Nc1nc(C2Cc3ccccc3C2)nc2[nH]nc(-c3cc(O)c(F)c(F)c3)c12. The molecular weight excluding hydrogens is 400 g/mol. The molecule has 0 atom stereocenters. The lowest BCUT2D eigenvalue weighted by Gasteiger charge is -2.09. The Morgan fingerprint density at radius 2 is 1.76 bits per heavy atom. The van der Waals surface area contributed by atoms with E-state index in [1.807, 2.05) is 12.1 Å². The van der Waals surface area contributed by atoms with Crippen molar-refractivity contribution in [3.8, 4) is 17.0 Å². The smallest absolute Gasteiger partial charge is 0.200 e. The van der Waals surface area contributed by atoms with Gasteiger partial charge in [0.25, 0.3) is 0 Å². The number of fused-ring (bicyclic) bond motifs is 2. The molecule has 0 unspecified atom stereocenters. The highest BCUT2D eigenvalue weighted by molar-refractivity contribution is 5.98. The Bertz CT molecular complexity index is 1190. The first kappa shape index (κ1) is 19.1. The van der Waals surface area contributed by atoms with Crippen LogP contribution in [0.3, 0.4) is 0 Å². The second-order valence-corrected chi connectivity index (χ2v) is 6.93. The number of phenolic OH excluding ortho intramolecular Hbond substituents is 1. The third-order valence-electron chi connectivity index (χ3n) is 5.16. The molecule has 4 N–H and O–H groups in total. The summed E-state index contributed by atoms with van der Waals surface area (Å²) >= 11 is 0. The van der Waals surface area contributed by atoms with Crippen LogP contribution in [0, 0.1) is 11.6 Å². The van der Waals surface area contributed by atoms with E-state index in [0.29, 0.717) is 16.9 Å². The first-order valence-corrected chi connectivity index (χ1v) is 8.78. The normalized spacial score (nSPS) is 13.4. The highest BCUT2D eigenvalue weighted by atomic mass is 35.5. The summed E-state index contributed by atoms with van der Waals surface area (Å²) in [6.07, 6.45) is 1.67. The lowest BCUT2D eigenvalue weighted by Crippen LogP contribution is -2.07. The highest BCUT2D eigenvalue weighted by Gasteiger charge is 2.26. The molecule has 0 fully saturated rings. The van der Waals surface area contributed by atoms with E-state index in [9.17, 15) is 13.9 Å². The minimum atomic E-state index is -1.31. The van der Waals surface area contributed by atoms with E-state index < -0.39 is 17.4 Å². The molecule has 0 aliphatic heterocycles. The number of H-pyrrole nitrogens is 1. The van der Waals surface area contributed by atoms with Crippen molar-refractivity contribution in [1.82, 2.24) is 20.2 Å². The molecule has 0 saturated carbocycles. The van der Waals surface area contributed by atoms with Gasteiger partial charge in [-0.05, 0) is 36.1 Å². The third-order valence-corrected chi connectivity index (χ3v) is 5.16. The minimum Gasteiger partial charge on any atom is -0.505 e. The predicted molar refractivity (Wildman–Crippen MR) is 107 cm³/mol. The zero-order valence-electron chi connectivity index (χ0n) is 15.0. The number of hydrogen-bond acceptors (Lipinski definition) is 5. The maximum atomic E-state index is 13.7. The Morgan fingerprint density at radius 3 is 2.41 bits per heavy atom. The molecule has 6 nitrogen and oxygen atoms in total. The standard InChI is InChI=1S/C20H15F2N5O.ClH/c21-13-7-11(8-14(28)16(13)22)17-15-18(23)24-19(25-20(15)27-26-17)12-5-9-3-1-2-4-10(9)6-12;/h1-4,7-8,12,28H,5-6H2,(H3,23,24,25,26,27);1H. The van der Waals surface area contributed by atoms with E-state index in [-0.39, 0.29) is 35.4 Å². The van der Waals surface area contributed by atoms with Crippen LogP contribution in [-0.2, 0) is 12.8 Å². The molecule has 0 saturated heterocycles. The molecule has 2 heterocycles. The molecule has 148 valence electrons. The minimum absolute atomic E-state index is 0. The third kappa shape index (κ3) is 3.05. The number of nitrogens with zero attached hydrogens (tertiary/aromatic N) is 3. The van der Waals surface area contributed by atoms with Gasteiger partial charge in [0.2, 0.25) is 0 Å². The fraction of sp³-hybridized carbons (Fsp3) is 0.150. The Hall–Kier alpha value is -3.26. The number of aromatic hydroxyl groups is 1. The summed E-state index contributed by atoms with van der Waals surface area (Å²) in [7, 11) is 0. The van der Waals surface area contributed by atoms with Crippen molar-refractivity contribution in [3.05, 3.63) is 65.0 Å². The number of nitrogens with two attached hydrogens (primary N) is 1. The van der Waals surface area contributed by atoms with Gasteiger partial charge < -0.3 is 10.8 Å². The molecule has 2 aromatic carbocycles. The van der Waals surface area contributed by atoms with E-state index >= 15 is 0 Å². The van der Waals surface area contributed by atoms with Gasteiger partial charge in [0, 0.05) is 11.5 Å². The number of nitrogen functional groups attached to an aromatic ring is 1. The first-order valence-electron chi connectivity index (χ1n) is 8.78. The van der Waals surface area contributed by atoms with Crippen molar-refractivity contribution >= 4 is 29.3 Å².